The molecule has 4 nitrogen and oxygen atoms in total. The van der Waals surface area contributed by atoms with Crippen LogP contribution in [0.5, 0.6) is 0 Å². The Bertz CT molecular complexity index is 407. The van der Waals surface area contributed by atoms with Gasteiger partial charge in [-0.15, -0.1) is 0 Å². The fourth-order valence-corrected chi connectivity index (χ4v) is 2.71. The molecule has 2 N–H and O–H groups in total. The molecule has 1 fully saturated rings. The zero-order valence-electron chi connectivity index (χ0n) is 11.0. The SMILES string of the molecule is CC1CN(C)C(=O)C(CCN)N1c1ccccc1. The van der Waals surface area contributed by atoms with Crippen molar-refractivity contribution in [2.24, 2.45) is 5.73 Å². The molecule has 2 unspecified atom stereocenters. The van der Waals surface area contributed by atoms with Crippen molar-refractivity contribution >= 4 is 11.6 Å². The first-order chi connectivity index (χ1) is 8.65. The fourth-order valence-electron chi connectivity index (χ4n) is 2.71. The van der Waals surface area contributed by atoms with Gasteiger partial charge in [-0.25, -0.2) is 0 Å². The highest BCUT2D eigenvalue weighted by molar-refractivity contribution is 5.86. The molecule has 0 spiro atoms. The first kappa shape index (κ1) is 12.9. The van der Waals surface area contributed by atoms with Crippen molar-refractivity contribution in [1.29, 1.82) is 0 Å². The molecule has 18 heavy (non-hydrogen) atoms. The number of hydrogen-bond acceptors (Lipinski definition) is 3. The molecule has 1 aliphatic heterocycles. The number of rotatable bonds is 3. The quantitative estimate of drug-likeness (QED) is 0.869. The van der Waals surface area contributed by atoms with Gasteiger partial charge in [-0.1, -0.05) is 18.2 Å². The Morgan fingerprint density at radius 1 is 1.33 bits per heavy atom. The van der Waals surface area contributed by atoms with Crippen molar-refractivity contribution in [1.82, 2.24) is 4.90 Å². The molecule has 1 aliphatic rings. The van der Waals surface area contributed by atoms with Crippen LogP contribution >= 0.6 is 0 Å². The Kier molecular flexibility index (Phi) is 3.87. The molecule has 0 aromatic heterocycles. The molecule has 1 heterocycles. The highest BCUT2D eigenvalue weighted by Crippen LogP contribution is 2.25. The summed E-state index contributed by atoms with van der Waals surface area (Å²) in [6.45, 7) is 3.44. The van der Waals surface area contributed by atoms with E-state index in [1.54, 1.807) is 0 Å². The number of piperazine rings is 1. The number of para-hydroxylation sites is 1. The maximum Gasteiger partial charge on any atom is 0.245 e. The van der Waals surface area contributed by atoms with Crippen LogP contribution in [0.4, 0.5) is 5.69 Å². The van der Waals surface area contributed by atoms with E-state index in [9.17, 15) is 4.79 Å². The van der Waals surface area contributed by atoms with Gasteiger partial charge in [-0.2, -0.15) is 0 Å². The van der Waals surface area contributed by atoms with Gasteiger partial charge in [0.1, 0.15) is 6.04 Å². The maximum atomic E-state index is 12.3. The summed E-state index contributed by atoms with van der Waals surface area (Å²) in [5.74, 6) is 0.169. The standard InChI is InChI=1S/C14H21N3O/c1-11-10-16(2)14(18)13(8-9-15)17(11)12-6-4-3-5-7-12/h3-7,11,13H,8-10,15H2,1-2H3. The van der Waals surface area contributed by atoms with Gasteiger partial charge >= 0.3 is 0 Å². The topological polar surface area (TPSA) is 49.6 Å². The van der Waals surface area contributed by atoms with E-state index in [2.05, 4.69) is 24.0 Å². The minimum absolute atomic E-state index is 0.133. The number of benzene rings is 1. The Morgan fingerprint density at radius 2 is 2.00 bits per heavy atom. The molecular weight excluding hydrogens is 226 g/mol. The highest BCUT2D eigenvalue weighted by atomic mass is 16.2. The van der Waals surface area contributed by atoms with E-state index < -0.39 is 0 Å². The fraction of sp³-hybridized carbons (Fsp3) is 0.500. The predicted molar refractivity (Wildman–Crippen MR) is 73.5 cm³/mol. The Balaban J connectivity index is 2.32. The number of carbonyl (C=O) groups is 1. The van der Waals surface area contributed by atoms with Crippen molar-refractivity contribution in [3.63, 3.8) is 0 Å². The van der Waals surface area contributed by atoms with E-state index in [-0.39, 0.29) is 11.9 Å². The van der Waals surface area contributed by atoms with Gasteiger partial charge in [-0.05, 0) is 32.0 Å². The van der Waals surface area contributed by atoms with Gasteiger partial charge in [0, 0.05) is 25.3 Å². The zero-order valence-corrected chi connectivity index (χ0v) is 11.0. The zero-order chi connectivity index (χ0) is 13.1. The third-order valence-corrected chi connectivity index (χ3v) is 3.50. The summed E-state index contributed by atoms with van der Waals surface area (Å²) in [5.41, 5.74) is 6.76. The van der Waals surface area contributed by atoms with Gasteiger partial charge in [0.05, 0.1) is 0 Å². The molecule has 0 saturated carbocycles. The van der Waals surface area contributed by atoms with E-state index >= 15 is 0 Å². The lowest BCUT2D eigenvalue weighted by Gasteiger charge is -2.45. The van der Waals surface area contributed by atoms with Crippen LogP contribution < -0.4 is 10.6 Å². The molecule has 98 valence electrons. The summed E-state index contributed by atoms with van der Waals surface area (Å²) in [6.07, 6.45) is 0.697. The third kappa shape index (κ3) is 2.34. The summed E-state index contributed by atoms with van der Waals surface area (Å²) in [6, 6.07) is 10.3. The number of anilines is 1. The minimum Gasteiger partial charge on any atom is -0.355 e. The summed E-state index contributed by atoms with van der Waals surface area (Å²) in [7, 11) is 1.87. The number of carbonyl (C=O) groups excluding carboxylic acids is 1. The monoisotopic (exact) mass is 247 g/mol. The number of likely N-dealkylation sites (N-methyl/N-ethyl adjacent to an activating group) is 1. The lowest BCUT2D eigenvalue weighted by molar-refractivity contribution is -0.133. The largest absolute Gasteiger partial charge is 0.355 e. The summed E-state index contributed by atoms with van der Waals surface area (Å²) < 4.78 is 0. The smallest absolute Gasteiger partial charge is 0.245 e. The molecule has 2 atom stereocenters. The van der Waals surface area contributed by atoms with Crippen molar-refractivity contribution in [2.75, 3.05) is 25.0 Å². The molecule has 1 saturated heterocycles. The number of nitrogens with two attached hydrogens (primary N) is 1. The normalized spacial score (nSPS) is 24.5. The van der Waals surface area contributed by atoms with Crippen LogP contribution in [0.2, 0.25) is 0 Å². The lowest BCUT2D eigenvalue weighted by atomic mass is 10.0. The van der Waals surface area contributed by atoms with Crippen molar-refractivity contribution in [2.45, 2.75) is 25.4 Å². The van der Waals surface area contributed by atoms with Crippen molar-refractivity contribution in [3.05, 3.63) is 30.3 Å². The maximum absolute atomic E-state index is 12.3. The van der Waals surface area contributed by atoms with E-state index in [0.29, 0.717) is 19.0 Å². The van der Waals surface area contributed by atoms with Crippen LogP contribution in [0.1, 0.15) is 13.3 Å². The van der Waals surface area contributed by atoms with E-state index in [1.165, 1.54) is 0 Å². The average molecular weight is 247 g/mol. The van der Waals surface area contributed by atoms with Gasteiger partial charge in [0.15, 0.2) is 0 Å². The number of amides is 1. The third-order valence-electron chi connectivity index (χ3n) is 3.50. The Hall–Kier alpha value is -1.55. The molecular formula is C14H21N3O. The van der Waals surface area contributed by atoms with Crippen LogP contribution in [0.15, 0.2) is 30.3 Å². The Morgan fingerprint density at radius 3 is 2.61 bits per heavy atom. The Labute approximate surface area is 108 Å². The molecule has 1 amide bonds. The van der Waals surface area contributed by atoms with Gasteiger partial charge in [-0.3, -0.25) is 4.79 Å². The summed E-state index contributed by atoms with van der Waals surface area (Å²) in [4.78, 5) is 16.3. The van der Waals surface area contributed by atoms with E-state index in [4.69, 9.17) is 5.73 Å². The molecule has 1 aromatic carbocycles. The van der Waals surface area contributed by atoms with Crippen molar-refractivity contribution < 1.29 is 4.79 Å². The average Bonchev–Trinajstić information content (AvgIpc) is 2.37. The second kappa shape index (κ2) is 5.40. The molecule has 4 heteroatoms. The van der Waals surface area contributed by atoms with E-state index in [0.717, 1.165) is 12.2 Å². The van der Waals surface area contributed by atoms with Crippen LogP contribution in [0.3, 0.4) is 0 Å². The molecule has 0 radical (unpaired) electrons. The van der Waals surface area contributed by atoms with Crippen LogP contribution in [0, 0.1) is 0 Å². The lowest BCUT2D eigenvalue weighted by Crippen LogP contribution is -2.60. The van der Waals surface area contributed by atoms with Crippen LogP contribution in [0.25, 0.3) is 0 Å². The van der Waals surface area contributed by atoms with Gasteiger partial charge < -0.3 is 15.5 Å². The molecule has 1 aromatic rings. The first-order valence-corrected chi connectivity index (χ1v) is 6.43. The first-order valence-electron chi connectivity index (χ1n) is 6.43. The molecule has 2 rings (SSSR count). The van der Waals surface area contributed by atoms with E-state index in [1.807, 2.05) is 30.1 Å². The molecule has 0 bridgehead atoms. The van der Waals surface area contributed by atoms with Gasteiger partial charge in [0.25, 0.3) is 0 Å². The second-order valence-corrected chi connectivity index (χ2v) is 4.90. The number of hydrogen-bond donors (Lipinski definition) is 1. The number of nitrogens with zero attached hydrogens (tertiary/aromatic N) is 2. The van der Waals surface area contributed by atoms with Crippen LogP contribution in [-0.2, 0) is 4.79 Å². The summed E-state index contributed by atoms with van der Waals surface area (Å²) in [5, 5.41) is 0. The molecule has 0 aliphatic carbocycles. The van der Waals surface area contributed by atoms with Crippen LogP contribution in [-0.4, -0.2) is 43.0 Å². The second-order valence-electron chi connectivity index (χ2n) is 4.90. The van der Waals surface area contributed by atoms with Gasteiger partial charge in [0.2, 0.25) is 5.91 Å². The predicted octanol–water partition coefficient (Wildman–Crippen LogP) is 1.07. The summed E-state index contributed by atoms with van der Waals surface area (Å²) >= 11 is 0. The minimum atomic E-state index is -0.133. The highest BCUT2D eigenvalue weighted by Gasteiger charge is 2.36. The van der Waals surface area contributed by atoms with Crippen molar-refractivity contribution in [3.8, 4) is 0 Å².